The van der Waals surface area contributed by atoms with Crippen molar-refractivity contribution in [2.45, 2.75) is 45.4 Å². The number of hydrogen-bond donors (Lipinski definition) is 3. The Kier molecular flexibility index (Phi) is 8.18. The number of nitrogens with one attached hydrogen (secondary N) is 1. The number of hydrogen-bond acceptors (Lipinski definition) is 6. The van der Waals surface area contributed by atoms with E-state index in [1.165, 1.54) is 6.07 Å². The van der Waals surface area contributed by atoms with Gasteiger partial charge in [0.15, 0.2) is 0 Å². The Labute approximate surface area is 215 Å². The molecule has 3 N–H and O–H groups in total. The van der Waals surface area contributed by atoms with Gasteiger partial charge >= 0.3 is 0 Å². The summed E-state index contributed by atoms with van der Waals surface area (Å²) in [6, 6.07) is 20.1. The molecular weight excluding hydrogens is 468 g/mol. The van der Waals surface area contributed by atoms with Gasteiger partial charge in [-0.2, -0.15) is 5.26 Å². The van der Waals surface area contributed by atoms with E-state index in [1.54, 1.807) is 12.1 Å². The van der Waals surface area contributed by atoms with Gasteiger partial charge in [-0.25, -0.2) is 4.98 Å². The maximum atomic E-state index is 12.9. The molecule has 0 aliphatic heterocycles. The van der Waals surface area contributed by atoms with Crippen LogP contribution in [0.1, 0.15) is 47.4 Å². The molecule has 2 aromatic heterocycles. The van der Waals surface area contributed by atoms with Gasteiger partial charge in [0.1, 0.15) is 17.5 Å². The average Bonchev–Trinajstić information content (AvgIpc) is 3.27. The minimum absolute atomic E-state index is 0.0747. The van der Waals surface area contributed by atoms with E-state index in [0.717, 1.165) is 28.2 Å². The molecule has 2 heterocycles. The van der Waals surface area contributed by atoms with Crippen LogP contribution in [0.15, 0.2) is 66.9 Å². The lowest BCUT2D eigenvalue weighted by Crippen LogP contribution is -2.37. The summed E-state index contributed by atoms with van der Waals surface area (Å²) in [6.07, 6.45) is 2.69. The fourth-order valence-corrected chi connectivity index (χ4v) is 4.28. The number of carbonyl (C=O) groups is 1. The van der Waals surface area contributed by atoms with E-state index in [2.05, 4.69) is 16.4 Å². The van der Waals surface area contributed by atoms with E-state index >= 15 is 0 Å². The maximum absolute atomic E-state index is 12.9. The van der Waals surface area contributed by atoms with Crippen LogP contribution in [-0.4, -0.2) is 44.3 Å². The molecule has 0 spiro atoms. The summed E-state index contributed by atoms with van der Waals surface area (Å²) in [6.45, 7) is 3.53. The zero-order valence-corrected chi connectivity index (χ0v) is 20.9. The van der Waals surface area contributed by atoms with Gasteiger partial charge in [-0.05, 0) is 62.6 Å². The summed E-state index contributed by atoms with van der Waals surface area (Å²) >= 11 is 0. The van der Waals surface area contributed by atoms with E-state index in [-0.39, 0.29) is 31.3 Å². The van der Waals surface area contributed by atoms with Crippen molar-refractivity contribution in [1.82, 2.24) is 14.7 Å². The quantitative estimate of drug-likeness (QED) is 0.305. The smallest absolute Gasteiger partial charge is 0.251 e. The molecule has 8 nitrogen and oxygen atoms in total. The summed E-state index contributed by atoms with van der Waals surface area (Å²) in [5.74, 6) is 0.121. The lowest BCUT2D eigenvalue weighted by molar-refractivity contribution is 0.0930. The van der Waals surface area contributed by atoms with Gasteiger partial charge in [0.2, 0.25) is 0 Å². The highest BCUT2D eigenvalue weighted by molar-refractivity contribution is 5.95. The summed E-state index contributed by atoms with van der Waals surface area (Å²) < 4.78 is 7.51. The van der Waals surface area contributed by atoms with Crippen LogP contribution in [-0.2, 0) is 13.0 Å². The van der Waals surface area contributed by atoms with Crippen LogP contribution in [0.3, 0.4) is 0 Å². The zero-order valence-electron chi connectivity index (χ0n) is 20.9. The highest BCUT2D eigenvalue weighted by Gasteiger charge is 2.17. The second kappa shape index (κ2) is 11.7. The van der Waals surface area contributed by atoms with E-state index in [0.29, 0.717) is 29.7 Å². The first-order chi connectivity index (χ1) is 17.9. The monoisotopic (exact) mass is 498 g/mol. The second-order valence-electron chi connectivity index (χ2n) is 9.07. The number of nitriles is 1. The van der Waals surface area contributed by atoms with E-state index in [9.17, 15) is 20.3 Å². The number of fused-ring (bicyclic) bond motifs is 1. The molecule has 190 valence electrons. The van der Waals surface area contributed by atoms with Gasteiger partial charge in [-0.15, -0.1) is 0 Å². The third-order valence-electron chi connectivity index (χ3n) is 6.03. The number of aromatic nitrogens is 2. The molecule has 0 bridgehead atoms. The number of carbonyl (C=O) groups excluding carboxylic acids is 1. The topological polar surface area (TPSA) is 120 Å². The van der Waals surface area contributed by atoms with Crippen molar-refractivity contribution in [2.24, 2.45) is 0 Å². The Morgan fingerprint density at radius 3 is 2.59 bits per heavy atom. The number of aliphatic hydroxyl groups is 2. The molecule has 37 heavy (non-hydrogen) atoms. The van der Waals surface area contributed by atoms with Gasteiger partial charge in [-0.3, -0.25) is 4.79 Å². The minimum atomic E-state index is -0.319. The zero-order chi connectivity index (χ0) is 26.4. The fraction of sp³-hybridized carbons (Fsp3) is 0.276. The molecule has 4 aromatic rings. The minimum Gasteiger partial charge on any atom is -0.490 e. The van der Waals surface area contributed by atoms with Crippen LogP contribution >= 0.6 is 0 Å². The fourth-order valence-electron chi connectivity index (χ4n) is 4.28. The molecule has 0 aliphatic carbocycles. The molecule has 8 heteroatoms. The average molecular weight is 499 g/mol. The third kappa shape index (κ3) is 5.97. The van der Waals surface area contributed by atoms with Gasteiger partial charge in [0.25, 0.3) is 5.91 Å². The first-order valence-corrected chi connectivity index (χ1v) is 12.2. The molecule has 1 atom stereocenters. The Balaban J connectivity index is 1.49. The molecule has 0 saturated heterocycles. The SMILES string of the molecule is CC(C)Oc1ccc(C(=O)N[C@H](CCO)Cc2ccc(-c3nc4ccccn4c3CO)cc2)cc1C#N. The molecule has 0 aliphatic rings. The Bertz CT molecular complexity index is 1420. The van der Waals surface area contributed by atoms with Crippen molar-refractivity contribution in [3.05, 3.63) is 89.2 Å². The number of imidazole rings is 1. The highest BCUT2D eigenvalue weighted by atomic mass is 16.5. The van der Waals surface area contributed by atoms with E-state index < -0.39 is 0 Å². The standard InChI is InChI=1S/C29H30N4O4/c1-19(2)37-26-11-10-22(16-23(26)17-30)29(36)31-24(12-14-34)15-20-6-8-21(9-7-20)28-25(18-35)33-13-4-3-5-27(33)32-28/h3-11,13,16,19,24,34-35H,12,14-15,18H2,1-2H3,(H,31,36)/t24-/m1/s1. The first kappa shape index (κ1) is 25.9. The maximum Gasteiger partial charge on any atom is 0.251 e. The summed E-state index contributed by atoms with van der Waals surface area (Å²) in [5, 5.41) is 31.9. The molecular formula is C29H30N4O4. The molecule has 1 amide bonds. The molecule has 2 aromatic carbocycles. The highest BCUT2D eigenvalue weighted by Crippen LogP contribution is 2.26. The van der Waals surface area contributed by atoms with Crippen molar-refractivity contribution in [3.8, 4) is 23.1 Å². The van der Waals surface area contributed by atoms with Gasteiger partial charge in [-0.1, -0.05) is 30.3 Å². The Hall–Kier alpha value is -4.19. The molecule has 0 unspecified atom stereocenters. The number of rotatable bonds is 10. The Morgan fingerprint density at radius 2 is 1.92 bits per heavy atom. The van der Waals surface area contributed by atoms with Gasteiger partial charge < -0.3 is 24.7 Å². The number of nitrogens with zero attached hydrogens (tertiary/aromatic N) is 3. The van der Waals surface area contributed by atoms with Crippen LogP contribution < -0.4 is 10.1 Å². The molecule has 0 fully saturated rings. The van der Waals surface area contributed by atoms with Crippen molar-refractivity contribution >= 4 is 11.6 Å². The van der Waals surface area contributed by atoms with Crippen molar-refractivity contribution < 1.29 is 19.7 Å². The van der Waals surface area contributed by atoms with Crippen molar-refractivity contribution in [3.63, 3.8) is 0 Å². The number of ether oxygens (including phenoxy) is 1. The number of benzene rings is 2. The largest absolute Gasteiger partial charge is 0.490 e. The lowest BCUT2D eigenvalue weighted by Gasteiger charge is -2.19. The predicted molar refractivity (Wildman–Crippen MR) is 140 cm³/mol. The normalized spacial score (nSPS) is 11.9. The predicted octanol–water partition coefficient (Wildman–Crippen LogP) is 3.88. The molecule has 4 rings (SSSR count). The van der Waals surface area contributed by atoms with E-state index in [1.807, 2.05) is 66.9 Å². The molecule has 0 saturated carbocycles. The number of pyridine rings is 1. The number of amides is 1. The molecule has 0 radical (unpaired) electrons. The van der Waals surface area contributed by atoms with E-state index in [4.69, 9.17) is 4.74 Å². The Morgan fingerprint density at radius 1 is 1.14 bits per heavy atom. The van der Waals surface area contributed by atoms with Gasteiger partial charge in [0.05, 0.1) is 29.7 Å². The van der Waals surface area contributed by atoms with Gasteiger partial charge in [0, 0.05) is 30.0 Å². The lowest BCUT2D eigenvalue weighted by atomic mass is 10.0. The third-order valence-corrected chi connectivity index (χ3v) is 6.03. The van der Waals surface area contributed by atoms with Crippen LogP contribution in [0, 0.1) is 11.3 Å². The second-order valence-corrected chi connectivity index (χ2v) is 9.07. The number of aliphatic hydroxyl groups excluding tert-OH is 2. The van der Waals surface area contributed by atoms with Crippen LogP contribution in [0.5, 0.6) is 5.75 Å². The summed E-state index contributed by atoms with van der Waals surface area (Å²) in [5.41, 5.74) is 4.72. The van der Waals surface area contributed by atoms with Crippen molar-refractivity contribution in [2.75, 3.05) is 6.61 Å². The summed E-state index contributed by atoms with van der Waals surface area (Å²) in [4.78, 5) is 17.6. The van der Waals surface area contributed by atoms with Crippen LogP contribution in [0.25, 0.3) is 16.9 Å². The first-order valence-electron chi connectivity index (χ1n) is 12.2. The summed E-state index contributed by atoms with van der Waals surface area (Å²) in [7, 11) is 0. The van der Waals surface area contributed by atoms with Crippen LogP contribution in [0.2, 0.25) is 0 Å². The van der Waals surface area contributed by atoms with Crippen LogP contribution in [0.4, 0.5) is 0 Å². The van der Waals surface area contributed by atoms with Crippen molar-refractivity contribution in [1.29, 1.82) is 5.26 Å².